The molecule has 6 heteroatoms. The lowest BCUT2D eigenvalue weighted by molar-refractivity contribution is -0.129. The SMILES string of the molecule is Cc1ccc(CNC(=O)C(C)OC(=O)c2ccc(Cl)c(N)c2)cc1. The van der Waals surface area contributed by atoms with Crippen molar-refractivity contribution in [3.8, 4) is 0 Å². The van der Waals surface area contributed by atoms with E-state index in [1.165, 1.54) is 25.1 Å². The predicted octanol–water partition coefficient (Wildman–Crippen LogP) is 3.09. The number of benzene rings is 2. The summed E-state index contributed by atoms with van der Waals surface area (Å²) in [6.07, 6.45) is -0.917. The number of nitrogen functional groups attached to an aromatic ring is 1. The first-order valence-electron chi connectivity index (χ1n) is 7.46. The number of aryl methyl sites for hydroxylation is 1. The van der Waals surface area contributed by atoms with Crippen LogP contribution in [0, 0.1) is 6.92 Å². The van der Waals surface area contributed by atoms with Crippen LogP contribution in [0.15, 0.2) is 42.5 Å². The largest absolute Gasteiger partial charge is 0.449 e. The molecule has 24 heavy (non-hydrogen) atoms. The van der Waals surface area contributed by atoms with Crippen LogP contribution in [0.5, 0.6) is 0 Å². The third kappa shape index (κ3) is 4.73. The Labute approximate surface area is 145 Å². The number of nitrogens with two attached hydrogens (primary N) is 1. The maximum Gasteiger partial charge on any atom is 0.338 e. The van der Waals surface area contributed by atoms with Gasteiger partial charge < -0.3 is 15.8 Å². The Kier molecular flexibility index (Phi) is 5.82. The maximum absolute atomic E-state index is 12.0. The maximum atomic E-state index is 12.0. The lowest BCUT2D eigenvalue weighted by Gasteiger charge is -2.14. The Morgan fingerprint density at radius 3 is 2.50 bits per heavy atom. The van der Waals surface area contributed by atoms with Gasteiger partial charge in [0.05, 0.1) is 16.3 Å². The Morgan fingerprint density at radius 2 is 1.88 bits per heavy atom. The van der Waals surface area contributed by atoms with E-state index in [2.05, 4.69) is 5.32 Å². The molecule has 0 heterocycles. The number of rotatable bonds is 5. The molecule has 0 aromatic heterocycles. The minimum atomic E-state index is -0.917. The molecular formula is C18H19ClN2O3. The van der Waals surface area contributed by atoms with Crippen molar-refractivity contribution >= 4 is 29.2 Å². The second-order valence-corrected chi connectivity index (χ2v) is 5.89. The third-order valence-corrected chi connectivity index (χ3v) is 3.82. The van der Waals surface area contributed by atoms with Crippen molar-refractivity contribution in [3.05, 3.63) is 64.2 Å². The number of esters is 1. The van der Waals surface area contributed by atoms with Crippen LogP contribution in [0.4, 0.5) is 5.69 Å². The molecule has 0 saturated carbocycles. The van der Waals surface area contributed by atoms with E-state index in [9.17, 15) is 9.59 Å². The van der Waals surface area contributed by atoms with Gasteiger partial charge in [-0.25, -0.2) is 4.79 Å². The molecule has 0 radical (unpaired) electrons. The molecule has 2 rings (SSSR count). The van der Waals surface area contributed by atoms with E-state index in [-0.39, 0.29) is 17.2 Å². The van der Waals surface area contributed by atoms with Crippen molar-refractivity contribution < 1.29 is 14.3 Å². The van der Waals surface area contributed by atoms with Crippen LogP contribution in [0.3, 0.4) is 0 Å². The van der Waals surface area contributed by atoms with Crippen LogP contribution in [-0.4, -0.2) is 18.0 Å². The highest BCUT2D eigenvalue weighted by atomic mass is 35.5. The zero-order valence-corrected chi connectivity index (χ0v) is 14.3. The molecule has 1 amide bonds. The molecule has 5 nitrogen and oxygen atoms in total. The summed E-state index contributed by atoms with van der Waals surface area (Å²) in [6.45, 7) is 3.88. The number of carbonyl (C=O) groups excluding carboxylic acids is 2. The Bertz CT molecular complexity index is 744. The van der Waals surface area contributed by atoms with Crippen LogP contribution in [0.1, 0.15) is 28.4 Å². The number of anilines is 1. The van der Waals surface area contributed by atoms with Crippen molar-refractivity contribution in [2.24, 2.45) is 0 Å². The van der Waals surface area contributed by atoms with E-state index in [1.807, 2.05) is 31.2 Å². The number of halogens is 1. The second kappa shape index (κ2) is 7.84. The van der Waals surface area contributed by atoms with Gasteiger partial charge in [0.25, 0.3) is 5.91 Å². The minimum Gasteiger partial charge on any atom is -0.449 e. The second-order valence-electron chi connectivity index (χ2n) is 5.49. The normalized spacial score (nSPS) is 11.6. The van der Waals surface area contributed by atoms with E-state index in [0.717, 1.165) is 11.1 Å². The van der Waals surface area contributed by atoms with Gasteiger partial charge in [-0.2, -0.15) is 0 Å². The molecule has 0 aliphatic carbocycles. The topological polar surface area (TPSA) is 81.4 Å². The molecule has 3 N–H and O–H groups in total. The molecule has 1 atom stereocenters. The molecular weight excluding hydrogens is 328 g/mol. The number of carbonyl (C=O) groups is 2. The van der Waals surface area contributed by atoms with Crippen molar-refractivity contribution in [1.29, 1.82) is 0 Å². The molecule has 2 aromatic carbocycles. The number of hydrogen-bond donors (Lipinski definition) is 2. The van der Waals surface area contributed by atoms with Gasteiger partial charge in [-0.05, 0) is 37.6 Å². The number of nitrogens with one attached hydrogen (secondary N) is 1. The molecule has 0 spiro atoms. The first-order valence-corrected chi connectivity index (χ1v) is 7.84. The zero-order chi connectivity index (χ0) is 17.7. The molecule has 1 unspecified atom stereocenters. The van der Waals surface area contributed by atoms with E-state index in [4.69, 9.17) is 22.1 Å². The molecule has 0 saturated heterocycles. The van der Waals surface area contributed by atoms with Gasteiger partial charge in [0, 0.05) is 6.54 Å². The quantitative estimate of drug-likeness (QED) is 0.644. The summed E-state index contributed by atoms with van der Waals surface area (Å²) in [6, 6.07) is 12.2. The number of hydrogen-bond acceptors (Lipinski definition) is 4. The van der Waals surface area contributed by atoms with Gasteiger partial charge >= 0.3 is 5.97 Å². The summed E-state index contributed by atoms with van der Waals surface area (Å²) in [4.78, 5) is 24.1. The third-order valence-electron chi connectivity index (χ3n) is 3.47. The highest BCUT2D eigenvalue weighted by Gasteiger charge is 2.19. The van der Waals surface area contributed by atoms with Gasteiger partial charge in [0.1, 0.15) is 0 Å². The van der Waals surface area contributed by atoms with Crippen LogP contribution >= 0.6 is 11.6 Å². The molecule has 126 valence electrons. The van der Waals surface area contributed by atoms with Crippen molar-refractivity contribution in [2.75, 3.05) is 5.73 Å². The van der Waals surface area contributed by atoms with E-state index < -0.39 is 12.1 Å². The Balaban J connectivity index is 1.89. The smallest absolute Gasteiger partial charge is 0.338 e. The van der Waals surface area contributed by atoms with Gasteiger partial charge in [-0.3, -0.25) is 4.79 Å². The lowest BCUT2D eigenvalue weighted by Crippen LogP contribution is -2.35. The van der Waals surface area contributed by atoms with E-state index in [0.29, 0.717) is 11.6 Å². The Hall–Kier alpha value is -2.53. The fraction of sp³-hybridized carbons (Fsp3) is 0.222. The first kappa shape index (κ1) is 17.8. The standard InChI is InChI=1S/C18H19ClN2O3/c1-11-3-5-13(6-4-11)10-21-17(22)12(2)24-18(23)14-7-8-15(19)16(20)9-14/h3-9,12H,10,20H2,1-2H3,(H,21,22). The van der Waals surface area contributed by atoms with E-state index in [1.54, 1.807) is 0 Å². The lowest BCUT2D eigenvalue weighted by atomic mass is 10.1. The van der Waals surface area contributed by atoms with Gasteiger partial charge in [-0.15, -0.1) is 0 Å². The summed E-state index contributed by atoms with van der Waals surface area (Å²) in [5, 5.41) is 3.09. The molecule has 0 aliphatic heterocycles. The van der Waals surface area contributed by atoms with Crippen molar-refractivity contribution in [3.63, 3.8) is 0 Å². The predicted molar refractivity (Wildman–Crippen MR) is 93.8 cm³/mol. The minimum absolute atomic E-state index is 0.245. The number of ether oxygens (including phenoxy) is 1. The average molecular weight is 347 g/mol. The van der Waals surface area contributed by atoms with Crippen LogP contribution in [0.25, 0.3) is 0 Å². The van der Waals surface area contributed by atoms with Gasteiger partial charge in [0.15, 0.2) is 6.10 Å². The summed E-state index contributed by atoms with van der Waals surface area (Å²) in [7, 11) is 0. The van der Waals surface area contributed by atoms with Crippen molar-refractivity contribution in [1.82, 2.24) is 5.32 Å². The molecule has 0 fully saturated rings. The summed E-state index contributed by atoms with van der Waals surface area (Å²) < 4.78 is 5.15. The van der Waals surface area contributed by atoms with Crippen LogP contribution < -0.4 is 11.1 Å². The molecule has 0 bridgehead atoms. The van der Waals surface area contributed by atoms with Crippen molar-refractivity contribution in [2.45, 2.75) is 26.5 Å². The van der Waals surface area contributed by atoms with Gasteiger partial charge in [-0.1, -0.05) is 41.4 Å². The number of amides is 1. The fourth-order valence-electron chi connectivity index (χ4n) is 1.99. The highest BCUT2D eigenvalue weighted by molar-refractivity contribution is 6.33. The molecule has 0 aliphatic rings. The monoisotopic (exact) mass is 346 g/mol. The summed E-state index contributed by atoms with van der Waals surface area (Å²) >= 11 is 5.81. The summed E-state index contributed by atoms with van der Waals surface area (Å²) in [5.74, 6) is -0.998. The highest BCUT2D eigenvalue weighted by Crippen LogP contribution is 2.20. The van der Waals surface area contributed by atoms with Crippen LogP contribution in [0.2, 0.25) is 5.02 Å². The summed E-state index contributed by atoms with van der Waals surface area (Å²) in [5.41, 5.74) is 8.30. The average Bonchev–Trinajstić information content (AvgIpc) is 2.56. The first-order chi connectivity index (χ1) is 11.4. The van der Waals surface area contributed by atoms with Gasteiger partial charge in [0.2, 0.25) is 0 Å². The fourth-order valence-corrected chi connectivity index (χ4v) is 2.11. The Morgan fingerprint density at radius 1 is 1.21 bits per heavy atom. The zero-order valence-electron chi connectivity index (χ0n) is 13.5. The van der Waals surface area contributed by atoms with E-state index >= 15 is 0 Å². The van der Waals surface area contributed by atoms with Crippen LogP contribution in [-0.2, 0) is 16.1 Å². The molecule has 2 aromatic rings.